The molecule has 4 rings (SSSR count). The average molecular weight is 449 g/mol. The quantitative estimate of drug-likeness (QED) is 0.698. The van der Waals surface area contributed by atoms with Crippen molar-refractivity contribution in [1.29, 1.82) is 0 Å². The number of benzene rings is 1. The number of nitrogens with two attached hydrogens (primary N) is 1. The Balaban J connectivity index is 1.93. The number of carboxylic acids is 1. The van der Waals surface area contributed by atoms with Crippen LogP contribution in [0.1, 0.15) is 63.9 Å². The molecule has 0 amide bonds. The smallest absolute Gasteiger partial charge is 0.341 e. The van der Waals surface area contributed by atoms with E-state index in [2.05, 4.69) is 25.7 Å². The summed E-state index contributed by atoms with van der Waals surface area (Å²) in [6.45, 7) is 11.2. The molecule has 0 spiro atoms. The summed E-state index contributed by atoms with van der Waals surface area (Å²) in [6.07, 6.45) is 2.61. The molecule has 1 saturated carbocycles. The van der Waals surface area contributed by atoms with Crippen molar-refractivity contribution in [3.05, 3.63) is 33.6 Å². The Morgan fingerprint density at radius 3 is 2.16 bits per heavy atom. The summed E-state index contributed by atoms with van der Waals surface area (Å²) in [5, 5.41) is 9.04. The van der Waals surface area contributed by atoms with Crippen molar-refractivity contribution in [2.24, 2.45) is 0 Å². The van der Waals surface area contributed by atoms with E-state index in [1.807, 2.05) is 13.8 Å². The van der Waals surface area contributed by atoms with Crippen LogP contribution in [0.3, 0.4) is 0 Å². The highest BCUT2D eigenvalue weighted by Gasteiger charge is 2.39. The van der Waals surface area contributed by atoms with Crippen LogP contribution in [0.25, 0.3) is 10.9 Å². The van der Waals surface area contributed by atoms with Gasteiger partial charge in [-0.2, -0.15) is 0 Å². The molecule has 0 bridgehead atoms. The summed E-state index contributed by atoms with van der Waals surface area (Å²) >= 11 is 0. The van der Waals surface area contributed by atoms with Crippen molar-refractivity contribution in [3.8, 4) is 0 Å². The van der Waals surface area contributed by atoms with Crippen LogP contribution in [0.5, 0.6) is 0 Å². The van der Waals surface area contributed by atoms with E-state index in [4.69, 9.17) is 5.73 Å². The van der Waals surface area contributed by atoms with Crippen molar-refractivity contribution >= 4 is 28.2 Å². The Morgan fingerprint density at radius 1 is 1.12 bits per heavy atom. The lowest BCUT2D eigenvalue weighted by atomic mass is 9.96. The molecule has 174 valence electrons. The second-order valence-corrected chi connectivity index (χ2v) is 10.1. The third-order valence-electron chi connectivity index (χ3n) is 6.54. The predicted octanol–water partition coefficient (Wildman–Crippen LogP) is 3.59. The first-order chi connectivity index (χ1) is 14.8. The van der Waals surface area contributed by atoms with Crippen LogP contribution < -0.4 is 16.1 Å². The van der Waals surface area contributed by atoms with Gasteiger partial charge in [0.2, 0.25) is 5.43 Å². The van der Waals surface area contributed by atoms with Crippen LogP contribution in [-0.2, 0) is 0 Å². The van der Waals surface area contributed by atoms with Gasteiger partial charge in [0, 0.05) is 43.0 Å². The van der Waals surface area contributed by atoms with E-state index in [0.717, 1.165) is 19.0 Å². The number of hydrogen-bond donors (Lipinski definition) is 2. The molecule has 1 saturated heterocycles. The average Bonchev–Trinajstić information content (AvgIpc) is 3.49. The van der Waals surface area contributed by atoms with Gasteiger partial charge in [0.05, 0.1) is 16.6 Å². The minimum atomic E-state index is -1.45. The number of pyridine rings is 1. The summed E-state index contributed by atoms with van der Waals surface area (Å²) in [6, 6.07) is -0.0945. The second-order valence-electron chi connectivity index (χ2n) is 10.1. The van der Waals surface area contributed by atoms with Gasteiger partial charge in [0.15, 0.2) is 11.6 Å². The number of fused-ring (bicyclic) bond motifs is 1. The van der Waals surface area contributed by atoms with Crippen LogP contribution >= 0.6 is 0 Å². The van der Waals surface area contributed by atoms with E-state index in [0.29, 0.717) is 13.1 Å². The minimum Gasteiger partial charge on any atom is -0.477 e. The maximum Gasteiger partial charge on any atom is 0.341 e. The topological polar surface area (TPSA) is 91.8 Å². The number of anilines is 2. The summed E-state index contributed by atoms with van der Waals surface area (Å²) in [5.41, 5.74) is 3.55. The minimum absolute atomic E-state index is 0.0227. The molecule has 9 heteroatoms. The Kier molecular flexibility index (Phi) is 5.23. The summed E-state index contributed by atoms with van der Waals surface area (Å²) in [5.74, 6) is -3.33. The Labute approximate surface area is 185 Å². The molecule has 1 aromatic heterocycles. The monoisotopic (exact) mass is 448 g/mol. The van der Waals surface area contributed by atoms with Crippen molar-refractivity contribution < 1.29 is 18.7 Å². The third kappa shape index (κ3) is 3.43. The van der Waals surface area contributed by atoms with Gasteiger partial charge in [0.1, 0.15) is 11.3 Å². The summed E-state index contributed by atoms with van der Waals surface area (Å²) in [7, 11) is 0. The van der Waals surface area contributed by atoms with E-state index >= 15 is 8.78 Å². The number of nitrogen functional groups attached to an aromatic ring is 1. The molecular weight excluding hydrogens is 418 g/mol. The maximum absolute atomic E-state index is 16.0. The van der Waals surface area contributed by atoms with Crippen LogP contribution in [0.4, 0.5) is 20.2 Å². The third-order valence-corrected chi connectivity index (χ3v) is 6.54. The highest BCUT2D eigenvalue weighted by molar-refractivity contribution is 5.99. The molecule has 1 aliphatic heterocycles. The van der Waals surface area contributed by atoms with Crippen molar-refractivity contribution in [3.63, 3.8) is 0 Å². The van der Waals surface area contributed by atoms with Gasteiger partial charge in [-0.25, -0.2) is 13.6 Å². The SMILES string of the molecule is CC1CN(c2c(F)c(N)c3c(=O)c(C(=O)O)cn(C4CC4)c3c2F)CC(C)N1C(C)(C)C. The fourth-order valence-corrected chi connectivity index (χ4v) is 5.45. The molecule has 1 aromatic carbocycles. The number of nitrogens with zero attached hydrogens (tertiary/aromatic N) is 3. The number of carboxylic acid groups (broad SMARTS) is 1. The van der Waals surface area contributed by atoms with Crippen LogP contribution in [0.15, 0.2) is 11.0 Å². The van der Waals surface area contributed by atoms with Gasteiger partial charge < -0.3 is 20.3 Å². The molecule has 2 aromatic rings. The molecular formula is C23H30F2N4O3. The van der Waals surface area contributed by atoms with E-state index in [-0.39, 0.29) is 34.9 Å². The highest BCUT2D eigenvalue weighted by atomic mass is 19.1. The normalized spacial score (nSPS) is 22.5. The maximum atomic E-state index is 16.0. The van der Waals surface area contributed by atoms with E-state index in [1.54, 1.807) is 4.90 Å². The lowest BCUT2D eigenvalue weighted by Crippen LogP contribution is -2.62. The van der Waals surface area contributed by atoms with Gasteiger partial charge in [0.25, 0.3) is 0 Å². The number of hydrogen-bond acceptors (Lipinski definition) is 5. The number of halogens is 2. The Hall–Kier alpha value is -2.68. The van der Waals surface area contributed by atoms with E-state index < -0.39 is 39.7 Å². The molecule has 2 aliphatic rings. The molecule has 2 atom stereocenters. The molecule has 2 unspecified atom stereocenters. The van der Waals surface area contributed by atoms with Gasteiger partial charge in [-0.3, -0.25) is 9.69 Å². The first-order valence-corrected chi connectivity index (χ1v) is 11.0. The summed E-state index contributed by atoms with van der Waals surface area (Å²) < 4.78 is 32.9. The Morgan fingerprint density at radius 2 is 1.69 bits per heavy atom. The number of carbonyl (C=O) groups is 1. The Bertz CT molecular complexity index is 1160. The molecule has 3 N–H and O–H groups in total. The van der Waals surface area contributed by atoms with E-state index in [9.17, 15) is 14.7 Å². The summed E-state index contributed by atoms with van der Waals surface area (Å²) in [4.78, 5) is 28.4. The second kappa shape index (κ2) is 7.43. The molecule has 1 aliphatic carbocycles. The van der Waals surface area contributed by atoms with Crippen molar-refractivity contribution in [2.45, 2.75) is 71.1 Å². The molecule has 2 heterocycles. The fraction of sp³-hybridized carbons (Fsp3) is 0.565. The first-order valence-electron chi connectivity index (χ1n) is 11.0. The number of rotatable bonds is 3. The largest absolute Gasteiger partial charge is 0.477 e. The van der Waals surface area contributed by atoms with Gasteiger partial charge >= 0.3 is 5.97 Å². The standard InChI is InChI=1S/C23H30F2N4O3/c1-11-8-27(9-12(2)29(11)23(3,4)5)20-16(24)18(26)15-19(17(20)25)28(13-6-7-13)10-14(21(15)30)22(31)32/h10-13H,6-9,26H2,1-5H3,(H,31,32). The van der Waals surface area contributed by atoms with Crippen LogP contribution in [-0.4, -0.2) is 51.3 Å². The molecule has 2 fully saturated rings. The number of aromatic nitrogens is 1. The zero-order chi connectivity index (χ0) is 23.7. The van der Waals surface area contributed by atoms with Crippen LogP contribution in [0.2, 0.25) is 0 Å². The van der Waals surface area contributed by atoms with Crippen molar-refractivity contribution in [1.82, 2.24) is 9.47 Å². The number of aromatic carboxylic acids is 1. The van der Waals surface area contributed by atoms with Gasteiger partial charge in [-0.15, -0.1) is 0 Å². The van der Waals surface area contributed by atoms with Gasteiger partial charge in [-0.1, -0.05) is 0 Å². The fourth-order valence-electron chi connectivity index (χ4n) is 5.45. The van der Waals surface area contributed by atoms with Crippen LogP contribution in [0, 0.1) is 11.6 Å². The predicted molar refractivity (Wildman–Crippen MR) is 120 cm³/mol. The number of piperazine rings is 1. The van der Waals surface area contributed by atoms with Crippen molar-refractivity contribution in [2.75, 3.05) is 23.7 Å². The zero-order valence-electron chi connectivity index (χ0n) is 19.1. The molecule has 0 radical (unpaired) electrons. The van der Waals surface area contributed by atoms with Gasteiger partial charge in [-0.05, 0) is 47.5 Å². The molecule has 7 nitrogen and oxygen atoms in total. The first kappa shape index (κ1) is 22.5. The van der Waals surface area contributed by atoms with E-state index in [1.165, 1.54) is 4.57 Å². The lowest BCUT2D eigenvalue weighted by molar-refractivity contribution is 0.0357. The molecule has 32 heavy (non-hydrogen) atoms. The lowest BCUT2D eigenvalue weighted by Gasteiger charge is -2.51. The zero-order valence-corrected chi connectivity index (χ0v) is 19.1. The highest BCUT2D eigenvalue weighted by Crippen LogP contribution is 2.42.